The molecule has 0 aromatic heterocycles. The van der Waals surface area contributed by atoms with E-state index < -0.39 is 21.7 Å². The number of carbonyl (C=O) groups is 1. The van der Waals surface area contributed by atoms with Crippen LogP contribution in [0.1, 0.15) is 37.0 Å². The van der Waals surface area contributed by atoms with E-state index in [0.29, 0.717) is 6.54 Å². The van der Waals surface area contributed by atoms with E-state index in [9.17, 15) is 17.6 Å². The SMILES string of the molecule is CC(C)NS(=O)(=O)c1ccc(F)c(C(=O)NC2CCCN(c3ccccc3)C2)c1. The van der Waals surface area contributed by atoms with Crippen LogP contribution in [0.5, 0.6) is 0 Å². The lowest BCUT2D eigenvalue weighted by molar-refractivity contribution is 0.0929. The Bertz CT molecular complexity index is 964. The molecule has 6 nitrogen and oxygen atoms in total. The molecule has 3 rings (SSSR count). The third-order valence-electron chi connectivity index (χ3n) is 4.76. The van der Waals surface area contributed by atoms with Crippen LogP contribution in [-0.2, 0) is 10.0 Å². The number of amides is 1. The molecule has 0 saturated carbocycles. The van der Waals surface area contributed by atoms with Crippen molar-refractivity contribution in [1.82, 2.24) is 10.0 Å². The summed E-state index contributed by atoms with van der Waals surface area (Å²) in [7, 11) is -3.82. The number of nitrogens with one attached hydrogen (secondary N) is 2. The molecule has 156 valence electrons. The van der Waals surface area contributed by atoms with E-state index in [1.165, 1.54) is 0 Å². The van der Waals surface area contributed by atoms with Crippen molar-refractivity contribution < 1.29 is 17.6 Å². The normalized spacial score (nSPS) is 17.4. The smallest absolute Gasteiger partial charge is 0.254 e. The zero-order valence-corrected chi connectivity index (χ0v) is 17.4. The predicted octanol–water partition coefficient (Wildman–Crippen LogP) is 2.91. The summed E-state index contributed by atoms with van der Waals surface area (Å²) in [5.74, 6) is -1.36. The Morgan fingerprint density at radius 3 is 2.59 bits per heavy atom. The van der Waals surface area contributed by atoms with Crippen LogP contribution < -0.4 is 14.9 Å². The fraction of sp³-hybridized carbons (Fsp3) is 0.381. The fourth-order valence-electron chi connectivity index (χ4n) is 3.46. The van der Waals surface area contributed by atoms with Crippen LogP contribution in [0.3, 0.4) is 0 Å². The highest BCUT2D eigenvalue weighted by atomic mass is 32.2. The molecule has 1 amide bonds. The van der Waals surface area contributed by atoms with E-state index >= 15 is 0 Å². The average molecular weight is 420 g/mol. The summed E-state index contributed by atoms with van der Waals surface area (Å²) in [6.45, 7) is 4.89. The van der Waals surface area contributed by atoms with Gasteiger partial charge in [0.05, 0.1) is 10.5 Å². The van der Waals surface area contributed by atoms with Gasteiger partial charge in [0, 0.05) is 30.9 Å². The van der Waals surface area contributed by atoms with E-state index in [4.69, 9.17) is 0 Å². The van der Waals surface area contributed by atoms with Crippen LogP contribution in [0.4, 0.5) is 10.1 Å². The standard InChI is InChI=1S/C21H26FN3O3S/c1-15(2)24-29(27,28)18-10-11-20(22)19(13-18)21(26)23-16-7-6-12-25(14-16)17-8-4-3-5-9-17/h3-5,8-11,13,15-16,24H,6-7,12,14H2,1-2H3,(H,23,26). The maximum absolute atomic E-state index is 14.3. The first-order chi connectivity index (χ1) is 13.8. The van der Waals surface area contributed by atoms with E-state index in [-0.39, 0.29) is 22.5 Å². The van der Waals surface area contributed by atoms with Gasteiger partial charge in [-0.2, -0.15) is 0 Å². The number of benzene rings is 2. The van der Waals surface area contributed by atoms with E-state index in [1.807, 2.05) is 30.3 Å². The lowest BCUT2D eigenvalue weighted by Gasteiger charge is -2.34. The Morgan fingerprint density at radius 1 is 1.17 bits per heavy atom. The van der Waals surface area contributed by atoms with Gasteiger partial charge in [0.25, 0.3) is 5.91 Å². The summed E-state index contributed by atoms with van der Waals surface area (Å²) in [5.41, 5.74) is 0.805. The molecule has 1 fully saturated rings. The molecule has 0 spiro atoms. The molecular weight excluding hydrogens is 393 g/mol. The maximum Gasteiger partial charge on any atom is 0.254 e. The zero-order chi connectivity index (χ0) is 21.0. The van der Waals surface area contributed by atoms with Crippen molar-refractivity contribution in [3.8, 4) is 0 Å². The molecule has 2 N–H and O–H groups in total. The number of para-hydroxylation sites is 1. The summed E-state index contributed by atoms with van der Waals surface area (Å²) in [5, 5.41) is 2.86. The summed E-state index contributed by atoms with van der Waals surface area (Å²) in [4.78, 5) is 14.7. The monoisotopic (exact) mass is 419 g/mol. The molecule has 0 radical (unpaired) electrons. The number of nitrogens with zero attached hydrogens (tertiary/aromatic N) is 1. The van der Waals surface area contributed by atoms with Crippen LogP contribution in [0.2, 0.25) is 0 Å². The predicted molar refractivity (Wildman–Crippen MR) is 111 cm³/mol. The maximum atomic E-state index is 14.3. The highest BCUT2D eigenvalue weighted by Crippen LogP contribution is 2.21. The molecule has 29 heavy (non-hydrogen) atoms. The van der Waals surface area contributed by atoms with Gasteiger partial charge >= 0.3 is 0 Å². The lowest BCUT2D eigenvalue weighted by atomic mass is 10.0. The molecule has 8 heteroatoms. The zero-order valence-electron chi connectivity index (χ0n) is 16.6. The van der Waals surface area contributed by atoms with Gasteiger partial charge in [0.15, 0.2) is 0 Å². The van der Waals surface area contributed by atoms with Crippen molar-refractivity contribution in [2.75, 3.05) is 18.0 Å². The minimum atomic E-state index is -3.82. The van der Waals surface area contributed by atoms with Gasteiger partial charge in [-0.05, 0) is 57.0 Å². The molecule has 1 saturated heterocycles. The summed E-state index contributed by atoms with van der Waals surface area (Å²) in [6, 6.07) is 12.7. The Kier molecular flexibility index (Phi) is 6.54. The molecule has 0 aliphatic carbocycles. The summed E-state index contributed by atoms with van der Waals surface area (Å²) < 4.78 is 41.4. The highest BCUT2D eigenvalue weighted by Gasteiger charge is 2.25. The topological polar surface area (TPSA) is 78.5 Å². The van der Waals surface area contributed by atoms with Gasteiger partial charge in [-0.15, -0.1) is 0 Å². The molecule has 0 bridgehead atoms. The minimum absolute atomic E-state index is 0.132. The van der Waals surface area contributed by atoms with E-state index in [0.717, 1.165) is 43.3 Å². The number of carbonyl (C=O) groups excluding carboxylic acids is 1. The first kappa shape index (κ1) is 21.3. The first-order valence-electron chi connectivity index (χ1n) is 9.69. The molecule has 1 unspecified atom stereocenters. The molecular formula is C21H26FN3O3S. The van der Waals surface area contributed by atoms with Gasteiger partial charge in [0.2, 0.25) is 10.0 Å². The molecule has 1 atom stereocenters. The molecule has 1 aliphatic heterocycles. The Labute approximate surface area is 171 Å². The van der Waals surface area contributed by atoms with Gasteiger partial charge in [-0.25, -0.2) is 17.5 Å². The average Bonchev–Trinajstić information content (AvgIpc) is 2.68. The van der Waals surface area contributed by atoms with Crippen molar-refractivity contribution in [3.05, 3.63) is 59.9 Å². The van der Waals surface area contributed by atoms with Gasteiger partial charge in [-0.3, -0.25) is 4.79 Å². The third-order valence-corrected chi connectivity index (χ3v) is 6.42. The second-order valence-corrected chi connectivity index (χ2v) is 9.23. The van der Waals surface area contributed by atoms with Gasteiger partial charge in [-0.1, -0.05) is 18.2 Å². The van der Waals surface area contributed by atoms with E-state index in [1.54, 1.807) is 13.8 Å². The highest BCUT2D eigenvalue weighted by molar-refractivity contribution is 7.89. The van der Waals surface area contributed by atoms with Crippen LogP contribution in [0.25, 0.3) is 0 Å². The minimum Gasteiger partial charge on any atom is -0.369 e. The number of anilines is 1. The number of halogens is 1. The summed E-state index contributed by atoms with van der Waals surface area (Å²) in [6.07, 6.45) is 1.68. The molecule has 1 heterocycles. The second-order valence-electron chi connectivity index (χ2n) is 7.51. The van der Waals surface area contributed by atoms with Gasteiger partial charge in [0.1, 0.15) is 5.82 Å². The van der Waals surface area contributed by atoms with Crippen LogP contribution >= 0.6 is 0 Å². The number of sulfonamides is 1. The quantitative estimate of drug-likeness (QED) is 0.755. The van der Waals surface area contributed by atoms with Crippen molar-refractivity contribution in [2.24, 2.45) is 0 Å². The second kappa shape index (κ2) is 8.92. The van der Waals surface area contributed by atoms with Crippen molar-refractivity contribution in [2.45, 2.75) is 43.7 Å². The van der Waals surface area contributed by atoms with E-state index in [2.05, 4.69) is 14.9 Å². The largest absolute Gasteiger partial charge is 0.369 e. The van der Waals surface area contributed by atoms with Crippen molar-refractivity contribution in [3.63, 3.8) is 0 Å². The number of piperidine rings is 1. The molecule has 2 aromatic rings. The van der Waals surface area contributed by atoms with Gasteiger partial charge < -0.3 is 10.2 Å². The van der Waals surface area contributed by atoms with Crippen molar-refractivity contribution in [1.29, 1.82) is 0 Å². The van der Waals surface area contributed by atoms with Crippen molar-refractivity contribution >= 4 is 21.6 Å². The Hall–Kier alpha value is -2.45. The Balaban J connectivity index is 1.74. The lowest BCUT2D eigenvalue weighted by Crippen LogP contribution is -2.48. The molecule has 2 aromatic carbocycles. The molecule has 1 aliphatic rings. The van der Waals surface area contributed by atoms with Crippen LogP contribution in [-0.4, -0.2) is 39.5 Å². The Morgan fingerprint density at radius 2 is 1.90 bits per heavy atom. The number of hydrogen-bond acceptors (Lipinski definition) is 4. The first-order valence-corrected chi connectivity index (χ1v) is 11.2. The summed E-state index contributed by atoms with van der Waals surface area (Å²) >= 11 is 0. The number of rotatable bonds is 6. The van der Waals surface area contributed by atoms with Crippen LogP contribution in [0, 0.1) is 5.82 Å². The third kappa shape index (κ3) is 5.33. The van der Waals surface area contributed by atoms with Crippen LogP contribution in [0.15, 0.2) is 53.4 Å². The number of hydrogen-bond donors (Lipinski definition) is 2. The fourth-order valence-corrected chi connectivity index (χ4v) is 4.73.